The smallest absolute Gasteiger partial charge is 0.316 e. The van der Waals surface area contributed by atoms with Crippen molar-refractivity contribution < 1.29 is 13.2 Å². The lowest BCUT2D eigenvalue weighted by molar-refractivity contribution is -0.201. The number of hydrogen-bond acceptors (Lipinski definition) is 1. The fraction of sp³-hybridized carbons (Fsp3) is 1.00. The molecule has 0 radical (unpaired) electrons. The van der Waals surface area contributed by atoms with Gasteiger partial charge in [0.15, 0.2) is 0 Å². The van der Waals surface area contributed by atoms with Gasteiger partial charge in [0, 0.05) is 6.04 Å². The zero-order valence-corrected chi connectivity index (χ0v) is 13.5. The first-order valence-corrected chi connectivity index (χ1v) is 8.58. The Hall–Kier alpha value is -0.250. The van der Waals surface area contributed by atoms with Gasteiger partial charge in [-0.3, -0.25) is 0 Å². The summed E-state index contributed by atoms with van der Waals surface area (Å²) in [6, 6.07) is 0.0341. The third-order valence-electron chi connectivity index (χ3n) is 6.18. The van der Waals surface area contributed by atoms with Crippen LogP contribution >= 0.6 is 0 Å². The lowest BCUT2D eigenvalue weighted by atomic mass is 9.66. The van der Waals surface area contributed by atoms with Crippen molar-refractivity contribution in [1.82, 2.24) is 5.32 Å². The van der Waals surface area contributed by atoms with Crippen LogP contribution in [-0.4, -0.2) is 19.3 Å². The Labute approximate surface area is 127 Å². The molecular weight excluding hydrogens is 275 g/mol. The lowest BCUT2D eigenvalue weighted by Crippen LogP contribution is -2.49. The second-order valence-electron chi connectivity index (χ2n) is 7.44. The van der Waals surface area contributed by atoms with Crippen LogP contribution in [-0.2, 0) is 0 Å². The predicted octanol–water partition coefficient (Wildman–Crippen LogP) is 5.02. The van der Waals surface area contributed by atoms with Gasteiger partial charge in [-0.2, -0.15) is 13.2 Å². The number of halogens is 3. The SMILES string of the molecule is CNC(C1CCC(C)C(C)C1)C1CCCCC1C(F)(F)F. The first-order valence-electron chi connectivity index (χ1n) is 8.58. The van der Waals surface area contributed by atoms with Crippen molar-refractivity contribution in [2.24, 2.45) is 29.6 Å². The number of rotatable bonds is 3. The molecule has 0 aromatic rings. The zero-order chi connectivity index (χ0) is 15.6. The van der Waals surface area contributed by atoms with E-state index in [9.17, 15) is 13.2 Å². The van der Waals surface area contributed by atoms with Gasteiger partial charge in [0.25, 0.3) is 0 Å². The molecule has 0 aromatic heterocycles. The van der Waals surface area contributed by atoms with Crippen molar-refractivity contribution in [1.29, 1.82) is 0 Å². The molecule has 2 saturated carbocycles. The normalized spacial score (nSPS) is 40.0. The molecule has 2 fully saturated rings. The van der Waals surface area contributed by atoms with Crippen molar-refractivity contribution in [2.45, 2.75) is 71.0 Å². The van der Waals surface area contributed by atoms with E-state index in [0.717, 1.165) is 38.5 Å². The second kappa shape index (κ2) is 6.89. The maximum atomic E-state index is 13.4. The van der Waals surface area contributed by atoms with Gasteiger partial charge in [0.1, 0.15) is 0 Å². The van der Waals surface area contributed by atoms with E-state index >= 15 is 0 Å². The summed E-state index contributed by atoms with van der Waals surface area (Å²) < 4.78 is 40.1. The summed E-state index contributed by atoms with van der Waals surface area (Å²) in [5.41, 5.74) is 0. The summed E-state index contributed by atoms with van der Waals surface area (Å²) >= 11 is 0. The Morgan fingerprint density at radius 2 is 1.62 bits per heavy atom. The topological polar surface area (TPSA) is 12.0 Å². The van der Waals surface area contributed by atoms with Crippen LogP contribution in [0, 0.1) is 29.6 Å². The van der Waals surface area contributed by atoms with E-state index in [1.165, 1.54) is 0 Å². The van der Waals surface area contributed by atoms with Gasteiger partial charge in [-0.15, -0.1) is 0 Å². The van der Waals surface area contributed by atoms with Crippen LogP contribution in [0.15, 0.2) is 0 Å². The van der Waals surface area contributed by atoms with Crippen molar-refractivity contribution in [3.63, 3.8) is 0 Å². The van der Waals surface area contributed by atoms with Crippen molar-refractivity contribution in [2.75, 3.05) is 7.05 Å². The van der Waals surface area contributed by atoms with Gasteiger partial charge >= 0.3 is 6.18 Å². The maximum Gasteiger partial charge on any atom is 0.392 e. The van der Waals surface area contributed by atoms with Crippen molar-refractivity contribution >= 4 is 0 Å². The van der Waals surface area contributed by atoms with E-state index in [0.29, 0.717) is 24.2 Å². The molecule has 0 heterocycles. The number of alkyl halides is 3. The highest BCUT2D eigenvalue weighted by Gasteiger charge is 2.49. The quantitative estimate of drug-likeness (QED) is 0.772. The minimum Gasteiger partial charge on any atom is -0.316 e. The molecule has 2 aliphatic rings. The summed E-state index contributed by atoms with van der Waals surface area (Å²) in [6.07, 6.45) is 2.03. The summed E-state index contributed by atoms with van der Waals surface area (Å²) in [4.78, 5) is 0. The third kappa shape index (κ3) is 3.94. The summed E-state index contributed by atoms with van der Waals surface area (Å²) in [6.45, 7) is 4.53. The van der Waals surface area contributed by atoms with E-state index in [1.807, 2.05) is 7.05 Å². The Morgan fingerprint density at radius 1 is 0.952 bits per heavy atom. The van der Waals surface area contributed by atoms with Crippen molar-refractivity contribution in [3.05, 3.63) is 0 Å². The molecule has 0 saturated heterocycles. The van der Waals surface area contributed by atoms with Gasteiger partial charge < -0.3 is 5.32 Å². The lowest BCUT2D eigenvalue weighted by Gasteiger charge is -2.44. The molecule has 4 heteroatoms. The van der Waals surface area contributed by atoms with Crippen LogP contribution in [0.5, 0.6) is 0 Å². The van der Waals surface area contributed by atoms with Gasteiger partial charge in [0.05, 0.1) is 5.92 Å². The Balaban J connectivity index is 2.11. The molecule has 1 N–H and O–H groups in total. The highest BCUT2D eigenvalue weighted by Crippen LogP contribution is 2.46. The molecule has 6 atom stereocenters. The van der Waals surface area contributed by atoms with Crippen LogP contribution in [0.25, 0.3) is 0 Å². The fourth-order valence-electron chi connectivity index (χ4n) is 4.71. The monoisotopic (exact) mass is 305 g/mol. The van der Waals surface area contributed by atoms with E-state index in [2.05, 4.69) is 19.2 Å². The summed E-state index contributed by atoms with van der Waals surface area (Å²) in [5, 5.41) is 3.28. The average molecular weight is 305 g/mol. The first kappa shape index (κ1) is 17.1. The van der Waals surface area contributed by atoms with Crippen LogP contribution in [0.4, 0.5) is 13.2 Å². The Bertz CT molecular complexity index is 328. The fourth-order valence-corrected chi connectivity index (χ4v) is 4.71. The maximum absolute atomic E-state index is 13.4. The zero-order valence-electron chi connectivity index (χ0n) is 13.5. The largest absolute Gasteiger partial charge is 0.392 e. The third-order valence-corrected chi connectivity index (χ3v) is 6.18. The molecule has 0 amide bonds. The predicted molar refractivity (Wildman–Crippen MR) is 80.0 cm³/mol. The van der Waals surface area contributed by atoms with Crippen LogP contribution in [0.3, 0.4) is 0 Å². The van der Waals surface area contributed by atoms with E-state index in [4.69, 9.17) is 0 Å². The molecular formula is C17H30F3N. The van der Waals surface area contributed by atoms with E-state index in [-0.39, 0.29) is 12.0 Å². The minimum atomic E-state index is -4.03. The van der Waals surface area contributed by atoms with Crippen molar-refractivity contribution in [3.8, 4) is 0 Å². The van der Waals surface area contributed by atoms with Crippen LogP contribution in [0.1, 0.15) is 58.8 Å². The summed E-state index contributed by atoms with van der Waals surface area (Å²) in [7, 11) is 1.86. The van der Waals surface area contributed by atoms with E-state index < -0.39 is 12.1 Å². The molecule has 124 valence electrons. The molecule has 2 rings (SSSR count). The molecule has 0 aliphatic heterocycles. The Morgan fingerprint density at radius 3 is 2.19 bits per heavy atom. The molecule has 0 aromatic carbocycles. The molecule has 2 aliphatic carbocycles. The highest BCUT2D eigenvalue weighted by molar-refractivity contribution is 4.93. The molecule has 0 spiro atoms. The molecule has 0 bridgehead atoms. The minimum absolute atomic E-state index is 0.0341. The number of hydrogen-bond donors (Lipinski definition) is 1. The van der Waals surface area contributed by atoms with E-state index in [1.54, 1.807) is 0 Å². The van der Waals surface area contributed by atoms with Gasteiger partial charge in [-0.05, 0) is 56.4 Å². The van der Waals surface area contributed by atoms with Gasteiger partial charge in [0.2, 0.25) is 0 Å². The summed E-state index contributed by atoms with van der Waals surface area (Å²) in [5.74, 6) is 0.429. The molecule has 1 nitrogen and oxygen atoms in total. The van der Waals surface area contributed by atoms with Gasteiger partial charge in [-0.1, -0.05) is 33.1 Å². The highest BCUT2D eigenvalue weighted by atomic mass is 19.4. The Kier molecular flexibility index (Phi) is 5.61. The molecule has 21 heavy (non-hydrogen) atoms. The number of nitrogens with one attached hydrogen (secondary N) is 1. The average Bonchev–Trinajstić information content (AvgIpc) is 2.43. The first-order chi connectivity index (χ1) is 9.84. The second-order valence-corrected chi connectivity index (χ2v) is 7.44. The van der Waals surface area contributed by atoms with Crippen LogP contribution < -0.4 is 5.32 Å². The standard InChI is InChI=1S/C17H30F3N/c1-11-8-9-13(10-12(11)2)16(21-3)14-6-4-5-7-15(14)17(18,19)20/h11-16,21H,4-10H2,1-3H3. The van der Waals surface area contributed by atoms with Crippen LogP contribution in [0.2, 0.25) is 0 Å². The molecule has 6 unspecified atom stereocenters. The van der Waals surface area contributed by atoms with Gasteiger partial charge in [-0.25, -0.2) is 0 Å².